The van der Waals surface area contributed by atoms with Crippen LogP contribution in [0.4, 0.5) is 4.79 Å². The Hall–Kier alpha value is -2.30. The van der Waals surface area contributed by atoms with E-state index in [-0.39, 0.29) is 18.6 Å². The van der Waals surface area contributed by atoms with Gasteiger partial charge in [0.05, 0.1) is 17.3 Å². The number of ether oxygens (including phenoxy) is 1. The van der Waals surface area contributed by atoms with E-state index in [4.69, 9.17) is 4.74 Å². The lowest BCUT2D eigenvalue weighted by molar-refractivity contribution is -0.136. The molecular formula is C14H14N2O3. The Kier molecular flexibility index (Phi) is 2.55. The first-order valence-corrected chi connectivity index (χ1v) is 6.09. The van der Waals surface area contributed by atoms with Crippen LogP contribution in [-0.4, -0.2) is 30.6 Å². The van der Waals surface area contributed by atoms with Gasteiger partial charge in [0.15, 0.2) is 0 Å². The predicted octanol–water partition coefficient (Wildman–Crippen LogP) is 1.50. The molecular weight excluding hydrogens is 244 g/mol. The van der Waals surface area contributed by atoms with Crippen LogP contribution in [0.1, 0.15) is 17.2 Å². The SMILES string of the molecule is Cc1ccc([C@@H]2NC(=O)N(C)C3=C2C(=O)OC3)cc1. The third-order valence-corrected chi connectivity index (χ3v) is 3.55. The number of aryl methyl sites for hydroxylation is 1. The highest BCUT2D eigenvalue weighted by atomic mass is 16.5. The van der Waals surface area contributed by atoms with Gasteiger partial charge in [-0.15, -0.1) is 0 Å². The molecule has 2 aliphatic rings. The largest absolute Gasteiger partial charge is 0.456 e. The molecule has 5 heteroatoms. The van der Waals surface area contributed by atoms with Crippen LogP contribution < -0.4 is 5.32 Å². The predicted molar refractivity (Wildman–Crippen MR) is 68.2 cm³/mol. The van der Waals surface area contributed by atoms with Gasteiger partial charge in [0.25, 0.3) is 0 Å². The Morgan fingerprint density at radius 3 is 2.63 bits per heavy atom. The number of benzene rings is 1. The standard InChI is InChI=1S/C14H14N2O3/c1-8-3-5-9(6-4-8)12-11-10(7-19-13(11)17)16(2)14(18)15-12/h3-6,12H,7H2,1-2H3,(H,15,18)/t12-/m0/s1. The highest BCUT2D eigenvalue weighted by molar-refractivity contribution is 5.97. The summed E-state index contributed by atoms with van der Waals surface area (Å²) < 4.78 is 5.05. The molecule has 5 nitrogen and oxygen atoms in total. The number of amides is 2. The molecule has 1 N–H and O–H groups in total. The zero-order chi connectivity index (χ0) is 13.6. The minimum Gasteiger partial charge on any atom is -0.456 e. The molecule has 98 valence electrons. The van der Waals surface area contributed by atoms with E-state index in [1.807, 2.05) is 31.2 Å². The number of nitrogens with zero attached hydrogens (tertiary/aromatic N) is 1. The molecule has 0 aromatic heterocycles. The topological polar surface area (TPSA) is 58.6 Å². The number of cyclic esters (lactones) is 1. The van der Waals surface area contributed by atoms with Gasteiger partial charge < -0.3 is 10.1 Å². The fraction of sp³-hybridized carbons (Fsp3) is 0.286. The van der Waals surface area contributed by atoms with E-state index in [0.717, 1.165) is 11.1 Å². The minimum atomic E-state index is -0.422. The van der Waals surface area contributed by atoms with E-state index in [2.05, 4.69) is 5.32 Å². The summed E-state index contributed by atoms with van der Waals surface area (Å²) in [5.41, 5.74) is 3.20. The van der Waals surface area contributed by atoms with E-state index < -0.39 is 6.04 Å². The molecule has 1 aromatic carbocycles. The fourth-order valence-corrected chi connectivity index (χ4v) is 2.39. The van der Waals surface area contributed by atoms with Crippen LogP contribution in [-0.2, 0) is 9.53 Å². The second-order valence-electron chi connectivity index (χ2n) is 4.79. The summed E-state index contributed by atoms with van der Waals surface area (Å²) in [7, 11) is 1.64. The number of rotatable bonds is 1. The maximum absolute atomic E-state index is 11.9. The molecule has 0 saturated heterocycles. The molecule has 3 rings (SSSR count). The van der Waals surface area contributed by atoms with Gasteiger partial charge in [-0.25, -0.2) is 9.59 Å². The smallest absolute Gasteiger partial charge is 0.338 e. The van der Waals surface area contributed by atoms with Crippen molar-refractivity contribution in [1.82, 2.24) is 10.2 Å². The van der Waals surface area contributed by atoms with Crippen molar-refractivity contribution in [3.05, 3.63) is 46.7 Å². The average Bonchev–Trinajstić information content (AvgIpc) is 2.78. The van der Waals surface area contributed by atoms with Crippen molar-refractivity contribution in [1.29, 1.82) is 0 Å². The maximum Gasteiger partial charge on any atom is 0.338 e. The second kappa shape index (κ2) is 4.12. The van der Waals surface area contributed by atoms with Crippen molar-refractivity contribution >= 4 is 12.0 Å². The van der Waals surface area contributed by atoms with E-state index in [1.54, 1.807) is 7.05 Å². The first-order valence-electron chi connectivity index (χ1n) is 6.09. The van der Waals surface area contributed by atoms with Gasteiger partial charge in [0.1, 0.15) is 6.61 Å². The molecule has 0 radical (unpaired) electrons. The quantitative estimate of drug-likeness (QED) is 0.777. The highest BCUT2D eigenvalue weighted by Crippen LogP contribution is 2.34. The lowest BCUT2D eigenvalue weighted by Crippen LogP contribution is -2.45. The highest BCUT2D eigenvalue weighted by Gasteiger charge is 2.40. The summed E-state index contributed by atoms with van der Waals surface area (Å²) in [6, 6.07) is 7.11. The number of nitrogens with one attached hydrogen (secondary N) is 1. The van der Waals surface area contributed by atoms with Gasteiger partial charge in [-0.3, -0.25) is 4.90 Å². The van der Waals surface area contributed by atoms with Crippen LogP contribution in [0.3, 0.4) is 0 Å². The molecule has 1 atom stereocenters. The van der Waals surface area contributed by atoms with E-state index in [9.17, 15) is 9.59 Å². The third kappa shape index (κ3) is 1.78. The molecule has 2 aliphatic heterocycles. The molecule has 19 heavy (non-hydrogen) atoms. The first kappa shape index (κ1) is 11.8. The average molecular weight is 258 g/mol. The van der Waals surface area contributed by atoms with Crippen molar-refractivity contribution in [3.8, 4) is 0 Å². The van der Waals surface area contributed by atoms with Gasteiger partial charge in [-0.05, 0) is 12.5 Å². The number of urea groups is 1. The summed E-state index contributed by atoms with van der Waals surface area (Å²) in [4.78, 5) is 25.2. The normalized spacial score (nSPS) is 22.2. The van der Waals surface area contributed by atoms with Crippen molar-refractivity contribution in [2.45, 2.75) is 13.0 Å². The Morgan fingerprint density at radius 1 is 1.26 bits per heavy atom. The van der Waals surface area contributed by atoms with Crippen molar-refractivity contribution in [2.75, 3.05) is 13.7 Å². The number of hydrogen-bond acceptors (Lipinski definition) is 3. The van der Waals surface area contributed by atoms with Crippen LogP contribution >= 0.6 is 0 Å². The van der Waals surface area contributed by atoms with Crippen molar-refractivity contribution < 1.29 is 14.3 Å². The molecule has 0 unspecified atom stereocenters. The zero-order valence-electron chi connectivity index (χ0n) is 10.8. The first-order chi connectivity index (χ1) is 9.08. The molecule has 0 spiro atoms. The summed E-state index contributed by atoms with van der Waals surface area (Å²) in [5, 5.41) is 2.83. The summed E-state index contributed by atoms with van der Waals surface area (Å²) in [5.74, 6) is -0.354. The van der Waals surface area contributed by atoms with Gasteiger partial charge in [-0.2, -0.15) is 0 Å². The number of hydrogen-bond donors (Lipinski definition) is 1. The third-order valence-electron chi connectivity index (χ3n) is 3.55. The zero-order valence-corrected chi connectivity index (χ0v) is 10.8. The van der Waals surface area contributed by atoms with Crippen LogP contribution in [0.15, 0.2) is 35.5 Å². The van der Waals surface area contributed by atoms with Gasteiger partial charge in [0.2, 0.25) is 0 Å². The van der Waals surface area contributed by atoms with Gasteiger partial charge >= 0.3 is 12.0 Å². The Labute approximate surface area is 110 Å². The molecule has 0 bridgehead atoms. The van der Waals surface area contributed by atoms with E-state index in [1.165, 1.54) is 4.90 Å². The molecule has 2 amide bonds. The fourth-order valence-electron chi connectivity index (χ4n) is 2.39. The van der Waals surface area contributed by atoms with E-state index >= 15 is 0 Å². The molecule has 1 aromatic rings. The maximum atomic E-state index is 11.9. The molecule has 0 saturated carbocycles. The number of carbonyl (C=O) groups is 2. The Balaban J connectivity index is 2.08. The minimum absolute atomic E-state index is 0.167. The number of carbonyl (C=O) groups excluding carboxylic acids is 2. The van der Waals surface area contributed by atoms with Crippen LogP contribution in [0.5, 0.6) is 0 Å². The van der Waals surface area contributed by atoms with Crippen LogP contribution in [0.2, 0.25) is 0 Å². The molecule has 0 aliphatic carbocycles. The lowest BCUT2D eigenvalue weighted by Gasteiger charge is -2.30. The van der Waals surface area contributed by atoms with Gasteiger partial charge in [0, 0.05) is 7.05 Å². The monoisotopic (exact) mass is 258 g/mol. The number of esters is 1. The molecule has 2 heterocycles. The lowest BCUT2D eigenvalue weighted by atomic mass is 9.95. The van der Waals surface area contributed by atoms with Crippen LogP contribution in [0, 0.1) is 6.92 Å². The Morgan fingerprint density at radius 2 is 1.95 bits per heavy atom. The summed E-state index contributed by atoms with van der Waals surface area (Å²) >= 11 is 0. The van der Waals surface area contributed by atoms with Crippen molar-refractivity contribution in [2.24, 2.45) is 0 Å². The van der Waals surface area contributed by atoms with Crippen LogP contribution in [0.25, 0.3) is 0 Å². The Bertz CT molecular complexity index is 589. The second-order valence-corrected chi connectivity index (χ2v) is 4.79. The summed E-state index contributed by atoms with van der Waals surface area (Å²) in [6.07, 6.45) is 0. The number of likely N-dealkylation sites (N-methyl/N-ethyl adjacent to an activating group) is 1. The van der Waals surface area contributed by atoms with Gasteiger partial charge in [-0.1, -0.05) is 29.8 Å². The van der Waals surface area contributed by atoms with Crippen molar-refractivity contribution in [3.63, 3.8) is 0 Å². The summed E-state index contributed by atoms with van der Waals surface area (Å²) in [6.45, 7) is 2.16. The van der Waals surface area contributed by atoms with E-state index in [0.29, 0.717) is 11.3 Å². The molecule has 0 fully saturated rings.